The minimum absolute atomic E-state index is 0. The molecule has 0 aliphatic carbocycles. The molecule has 0 saturated carbocycles. The number of nitrogens with one attached hydrogen (secondary N) is 1. The number of nitrogens with zero attached hydrogens (tertiary/aromatic N) is 1. The van der Waals surface area contributed by atoms with Crippen molar-refractivity contribution >= 4 is 35.2 Å². The Morgan fingerprint density at radius 3 is 2.45 bits per heavy atom. The minimum atomic E-state index is -0.367. The molecule has 3 aromatic rings. The molecule has 0 unspecified atom stereocenters. The van der Waals surface area contributed by atoms with E-state index in [0.29, 0.717) is 28.1 Å². The summed E-state index contributed by atoms with van der Waals surface area (Å²) in [5.74, 6) is -0.232. The van der Waals surface area contributed by atoms with Gasteiger partial charge in [0.1, 0.15) is 5.82 Å². The lowest BCUT2D eigenvalue weighted by Gasteiger charge is -2.01. The third-order valence-corrected chi connectivity index (χ3v) is 2.87. The van der Waals surface area contributed by atoms with Crippen molar-refractivity contribution < 1.29 is 9.18 Å². The molecule has 0 bridgehead atoms. The third kappa shape index (κ3) is 2.48. The van der Waals surface area contributed by atoms with Gasteiger partial charge in [0, 0.05) is 11.1 Å². The molecule has 0 saturated heterocycles. The number of imidazole rings is 1. The zero-order valence-corrected chi connectivity index (χ0v) is 11.1. The van der Waals surface area contributed by atoms with Gasteiger partial charge < -0.3 is 10.7 Å². The highest BCUT2D eigenvalue weighted by atomic mass is 35.5. The maximum Gasteiger partial charge on any atom is 0.198 e. The summed E-state index contributed by atoms with van der Waals surface area (Å²) in [5, 5.41) is 0. The molecule has 6 heteroatoms. The number of ketones is 1. The number of rotatable bonds is 2. The Labute approximate surface area is 120 Å². The average Bonchev–Trinajstić information content (AvgIpc) is 2.77. The molecular formula is C14H11ClFN3O. The van der Waals surface area contributed by atoms with Gasteiger partial charge in [0.2, 0.25) is 0 Å². The first kappa shape index (κ1) is 14.0. The Bertz CT molecular complexity index is 768. The molecule has 4 nitrogen and oxygen atoms in total. The van der Waals surface area contributed by atoms with Crippen molar-refractivity contribution in [1.82, 2.24) is 9.97 Å². The van der Waals surface area contributed by atoms with Crippen LogP contribution in [0.3, 0.4) is 0 Å². The lowest BCUT2D eigenvalue weighted by Crippen LogP contribution is -2.01. The molecule has 1 heterocycles. The summed E-state index contributed by atoms with van der Waals surface area (Å²) in [4.78, 5) is 19.1. The summed E-state index contributed by atoms with van der Waals surface area (Å²) >= 11 is 0. The fraction of sp³-hybridized carbons (Fsp3) is 0. The molecule has 0 spiro atoms. The van der Waals surface area contributed by atoms with Crippen LogP contribution in [0.1, 0.15) is 15.9 Å². The number of benzene rings is 2. The van der Waals surface area contributed by atoms with Crippen LogP contribution >= 0.6 is 12.4 Å². The van der Waals surface area contributed by atoms with E-state index in [4.69, 9.17) is 5.73 Å². The summed E-state index contributed by atoms with van der Waals surface area (Å²) in [6.45, 7) is 0. The van der Waals surface area contributed by atoms with Crippen LogP contribution in [-0.4, -0.2) is 15.8 Å². The van der Waals surface area contributed by atoms with Crippen LogP contribution in [0, 0.1) is 5.82 Å². The van der Waals surface area contributed by atoms with E-state index in [1.54, 1.807) is 18.2 Å². The van der Waals surface area contributed by atoms with Gasteiger partial charge in [-0.1, -0.05) is 0 Å². The smallest absolute Gasteiger partial charge is 0.198 e. The van der Waals surface area contributed by atoms with Crippen molar-refractivity contribution in [3.05, 3.63) is 59.4 Å². The van der Waals surface area contributed by atoms with Gasteiger partial charge in [-0.2, -0.15) is 0 Å². The van der Waals surface area contributed by atoms with Gasteiger partial charge in [-0.25, -0.2) is 9.37 Å². The number of carbonyl (C=O) groups excluding carboxylic acids is 1. The zero-order valence-electron chi connectivity index (χ0n) is 10.3. The number of nitrogen functional groups attached to an aromatic ring is 1. The highest BCUT2D eigenvalue weighted by Crippen LogP contribution is 2.17. The molecule has 1 aromatic heterocycles. The molecule has 102 valence electrons. The molecule has 0 fully saturated rings. The van der Waals surface area contributed by atoms with E-state index in [0.717, 1.165) is 0 Å². The maximum atomic E-state index is 12.8. The molecule has 0 aliphatic rings. The second kappa shape index (κ2) is 5.30. The maximum absolute atomic E-state index is 12.8. The monoisotopic (exact) mass is 291 g/mol. The van der Waals surface area contributed by atoms with E-state index in [1.165, 1.54) is 24.3 Å². The number of anilines is 1. The number of hydrogen-bond donors (Lipinski definition) is 2. The van der Waals surface area contributed by atoms with Crippen LogP contribution in [0.4, 0.5) is 10.3 Å². The van der Waals surface area contributed by atoms with Crippen LogP contribution in [0.25, 0.3) is 11.0 Å². The van der Waals surface area contributed by atoms with Gasteiger partial charge in [0.15, 0.2) is 11.7 Å². The molecule has 3 N–H and O–H groups in total. The normalized spacial score (nSPS) is 10.2. The number of aromatic amines is 1. The summed E-state index contributed by atoms with van der Waals surface area (Å²) in [6.07, 6.45) is 0. The lowest BCUT2D eigenvalue weighted by atomic mass is 10.0. The largest absolute Gasteiger partial charge is 0.369 e. The minimum Gasteiger partial charge on any atom is -0.369 e. The molecular weight excluding hydrogens is 281 g/mol. The number of hydrogen-bond acceptors (Lipinski definition) is 3. The Morgan fingerprint density at radius 1 is 1.10 bits per heavy atom. The molecule has 2 aromatic carbocycles. The lowest BCUT2D eigenvalue weighted by molar-refractivity contribution is 0.103. The molecule has 0 amide bonds. The first-order chi connectivity index (χ1) is 9.13. The van der Waals surface area contributed by atoms with E-state index in [9.17, 15) is 9.18 Å². The van der Waals surface area contributed by atoms with Crippen LogP contribution in [0.2, 0.25) is 0 Å². The number of halogens is 2. The van der Waals surface area contributed by atoms with E-state index >= 15 is 0 Å². The van der Waals surface area contributed by atoms with Gasteiger partial charge in [-0.15, -0.1) is 12.4 Å². The Morgan fingerprint density at radius 2 is 1.75 bits per heavy atom. The topological polar surface area (TPSA) is 71.8 Å². The van der Waals surface area contributed by atoms with Crippen molar-refractivity contribution in [2.75, 3.05) is 5.73 Å². The first-order valence-electron chi connectivity index (χ1n) is 5.69. The summed E-state index contributed by atoms with van der Waals surface area (Å²) in [5.41, 5.74) is 7.89. The van der Waals surface area contributed by atoms with Crippen molar-refractivity contribution in [2.45, 2.75) is 0 Å². The van der Waals surface area contributed by atoms with Crippen LogP contribution in [0.15, 0.2) is 42.5 Å². The predicted molar refractivity (Wildman–Crippen MR) is 77.6 cm³/mol. The number of nitrogens with two attached hydrogens (primary N) is 1. The SMILES string of the molecule is Cl.Nc1nc2ccc(C(=O)c3ccc(F)cc3)cc2[nH]1. The highest BCUT2D eigenvalue weighted by Gasteiger charge is 2.10. The fourth-order valence-electron chi connectivity index (χ4n) is 1.94. The Hall–Kier alpha value is -2.40. The van der Waals surface area contributed by atoms with Crippen LogP contribution < -0.4 is 5.73 Å². The van der Waals surface area contributed by atoms with Crippen molar-refractivity contribution in [1.29, 1.82) is 0 Å². The number of carbonyl (C=O) groups is 1. The number of fused-ring (bicyclic) bond motifs is 1. The van der Waals surface area contributed by atoms with E-state index < -0.39 is 0 Å². The number of aromatic nitrogens is 2. The predicted octanol–water partition coefficient (Wildman–Crippen LogP) is 2.94. The van der Waals surface area contributed by atoms with Gasteiger partial charge in [-0.3, -0.25) is 4.79 Å². The highest BCUT2D eigenvalue weighted by molar-refractivity contribution is 6.10. The Balaban J connectivity index is 0.00000147. The average molecular weight is 292 g/mol. The molecule has 0 aliphatic heterocycles. The van der Waals surface area contributed by atoms with Gasteiger partial charge in [0.05, 0.1) is 11.0 Å². The summed E-state index contributed by atoms with van der Waals surface area (Å²) in [7, 11) is 0. The van der Waals surface area contributed by atoms with Gasteiger partial charge in [0.25, 0.3) is 0 Å². The second-order valence-corrected chi connectivity index (χ2v) is 4.19. The van der Waals surface area contributed by atoms with Gasteiger partial charge >= 0.3 is 0 Å². The summed E-state index contributed by atoms with van der Waals surface area (Å²) in [6, 6.07) is 10.5. The van der Waals surface area contributed by atoms with Crippen molar-refractivity contribution in [3.8, 4) is 0 Å². The van der Waals surface area contributed by atoms with Gasteiger partial charge in [-0.05, 0) is 42.5 Å². The second-order valence-electron chi connectivity index (χ2n) is 4.19. The Kier molecular flexibility index (Phi) is 3.72. The van der Waals surface area contributed by atoms with Crippen molar-refractivity contribution in [3.63, 3.8) is 0 Å². The molecule has 20 heavy (non-hydrogen) atoms. The standard InChI is InChI=1S/C14H10FN3O.ClH/c15-10-4-1-8(2-5-10)13(19)9-3-6-11-12(7-9)18-14(16)17-11;/h1-7H,(H3,16,17,18);1H. The molecule has 3 rings (SSSR count). The van der Waals surface area contributed by atoms with E-state index in [2.05, 4.69) is 9.97 Å². The number of H-pyrrole nitrogens is 1. The third-order valence-electron chi connectivity index (χ3n) is 2.87. The fourth-order valence-corrected chi connectivity index (χ4v) is 1.94. The van der Waals surface area contributed by atoms with Crippen molar-refractivity contribution in [2.24, 2.45) is 0 Å². The summed E-state index contributed by atoms with van der Waals surface area (Å²) < 4.78 is 12.8. The van der Waals surface area contributed by atoms with Crippen LogP contribution in [-0.2, 0) is 0 Å². The van der Waals surface area contributed by atoms with E-state index in [1.807, 2.05) is 0 Å². The molecule has 0 atom stereocenters. The first-order valence-corrected chi connectivity index (χ1v) is 5.69. The van der Waals surface area contributed by atoms with Crippen LogP contribution in [0.5, 0.6) is 0 Å². The van der Waals surface area contributed by atoms with E-state index in [-0.39, 0.29) is 24.0 Å². The molecule has 0 radical (unpaired) electrons. The zero-order chi connectivity index (χ0) is 13.4. The quantitative estimate of drug-likeness (QED) is 0.713.